The Morgan fingerprint density at radius 2 is 2.17 bits per heavy atom. The molecule has 23 heavy (non-hydrogen) atoms. The molecule has 1 aromatic carbocycles. The average Bonchev–Trinajstić information content (AvgIpc) is 2.99. The molecule has 1 aliphatic rings. The van der Waals surface area contributed by atoms with E-state index in [9.17, 15) is 9.90 Å². The van der Waals surface area contributed by atoms with Crippen molar-refractivity contribution in [1.29, 1.82) is 0 Å². The predicted octanol–water partition coefficient (Wildman–Crippen LogP) is 2.57. The number of ether oxygens (including phenoxy) is 1. The van der Waals surface area contributed by atoms with Crippen molar-refractivity contribution >= 4 is 6.03 Å². The van der Waals surface area contributed by atoms with Crippen molar-refractivity contribution in [2.45, 2.75) is 51.7 Å². The topological polar surface area (TPSA) is 61.8 Å². The summed E-state index contributed by atoms with van der Waals surface area (Å²) in [6.45, 7) is 7.38. The highest BCUT2D eigenvalue weighted by atomic mass is 16.5. The molecular weight excluding hydrogens is 292 g/mol. The number of likely N-dealkylation sites (tertiary alicyclic amines) is 1. The van der Waals surface area contributed by atoms with Gasteiger partial charge in [0.2, 0.25) is 0 Å². The Kier molecular flexibility index (Phi) is 5.88. The number of carbonyl (C=O) groups excluding carboxylic acids is 1. The van der Waals surface area contributed by atoms with Gasteiger partial charge in [-0.15, -0.1) is 0 Å². The maximum absolute atomic E-state index is 12.4. The molecular formula is C18H28N2O3. The van der Waals surface area contributed by atoms with E-state index in [-0.39, 0.29) is 12.1 Å². The molecule has 0 aliphatic carbocycles. The minimum absolute atomic E-state index is 0.0940. The molecule has 1 fully saturated rings. The molecule has 1 atom stereocenters. The van der Waals surface area contributed by atoms with Crippen LogP contribution in [0.5, 0.6) is 5.75 Å². The van der Waals surface area contributed by atoms with E-state index in [1.54, 1.807) is 18.7 Å². The van der Waals surface area contributed by atoms with E-state index >= 15 is 0 Å². The number of amides is 2. The summed E-state index contributed by atoms with van der Waals surface area (Å²) in [6, 6.07) is 7.69. The number of carbonyl (C=O) groups is 1. The summed E-state index contributed by atoms with van der Waals surface area (Å²) in [5.74, 6) is 0.875. The number of para-hydroxylation sites is 1. The van der Waals surface area contributed by atoms with E-state index < -0.39 is 5.60 Å². The van der Waals surface area contributed by atoms with Crippen LogP contribution in [0.4, 0.5) is 4.79 Å². The SMILES string of the molecule is CCOc1ccccc1CCNC(=O)N1CCC[C@@H]1C(C)(C)O. The molecule has 5 nitrogen and oxygen atoms in total. The summed E-state index contributed by atoms with van der Waals surface area (Å²) in [6.07, 6.45) is 2.52. The Balaban J connectivity index is 1.88. The minimum atomic E-state index is -0.866. The second-order valence-electron chi connectivity index (χ2n) is 6.53. The van der Waals surface area contributed by atoms with Gasteiger partial charge >= 0.3 is 6.03 Å². The molecule has 1 saturated heterocycles. The highest BCUT2D eigenvalue weighted by Crippen LogP contribution is 2.26. The molecule has 5 heteroatoms. The first-order valence-electron chi connectivity index (χ1n) is 8.41. The zero-order valence-electron chi connectivity index (χ0n) is 14.3. The minimum Gasteiger partial charge on any atom is -0.494 e. The van der Waals surface area contributed by atoms with Gasteiger partial charge in [0.25, 0.3) is 0 Å². The Morgan fingerprint density at radius 1 is 1.43 bits per heavy atom. The lowest BCUT2D eigenvalue weighted by Gasteiger charge is -2.33. The highest BCUT2D eigenvalue weighted by molar-refractivity contribution is 5.75. The van der Waals surface area contributed by atoms with Crippen molar-refractivity contribution < 1.29 is 14.6 Å². The number of hydrogen-bond donors (Lipinski definition) is 2. The van der Waals surface area contributed by atoms with Crippen molar-refractivity contribution in [2.24, 2.45) is 0 Å². The van der Waals surface area contributed by atoms with Gasteiger partial charge in [0, 0.05) is 13.1 Å². The van der Waals surface area contributed by atoms with Gasteiger partial charge in [0.1, 0.15) is 5.75 Å². The van der Waals surface area contributed by atoms with Gasteiger partial charge in [0.15, 0.2) is 0 Å². The van der Waals surface area contributed by atoms with Crippen molar-refractivity contribution in [2.75, 3.05) is 19.7 Å². The third-order valence-corrected chi connectivity index (χ3v) is 4.27. The molecule has 1 aromatic rings. The first-order valence-corrected chi connectivity index (χ1v) is 8.41. The van der Waals surface area contributed by atoms with Gasteiger partial charge in [-0.05, 0) is 51.7 Å². The fraction of sp³-hybridized carbons (Fsp3) is 0.611. The van der Waals surface area contributed by atoms with Crippen LogP contribution in [-0.2, 0) is 6.42 Å². The Bertz CT molecular complexity index is 525. The molecule has 0 unspecified atom stereocenters. The van der Waals surface area contributed by atoms with E-state index in [1.807, 2.05) is 31.2 Å². The van der Waals surface area contributed by atoms with Gasteiger partial charge in [-0.3, -0.25) is 0 Å². The summed E-state index contributed by atoms with van der Waals surface area (Å²) < 4.78 is 5.60. The maximum atomic E-state index is 12.4. The van der Waals surface area contributed by atoms with Crippen LogP contribution in [0, 0.1) is 0 Å². The van der Waals surface area contributed by atoms with E-state index in [0.717, 1.165) is 30.6 Å². The summed E-state index contributed by atoms with van der Waals surface area (Å²) in [5, 5.41) is 13.2. The summed E-state index contributed by atoms with van der Waals surface area (Å²) in [4.78, 5) is 14.1. The highest BCUT2D eigenvalue weighted by Gasteiger charge is 2.38. The molecule has 0 spiro atoms. The lowest BCUT2D eigenvalue weighted by Crippen LogP contribution is -2.51. The molecule has 0 aromatic heterocycles. The van der Waals surface area contributed by atoms with Crippen LogP contribution in [0.15, 0.2) is 24.3 Å². The van der Waals surface area contributed by atoms with Gasteiger partial charge in [-0.2, -0.15) is 0 Å². The third kappa shape index (κ3) is 4.61. The summed E-state index contributed by atoms with van der Waals surface area (Å²) in [5.41, 5.74) is 0.227. The Morgan fingerprint density at radius 3 is 2.87 bits per heavy atom. The van der Waals surface area contributed by atoms with Crippen LogP contribution in [-0.4, -0.2) is 47.4 Å². The quantitative estimate of drug-likeness (QED) is 0.847. The summed E-state index contributed by atoms with van der Waals surface area (Å²) >= 11 is 0. The van der Waals surface area contributed by atoms with E-state index in [4.69, 9.17) is 4.74 Å². The van der Waals surface area contributed by atoms with Crippen LogP contribution in [0.1, 0.15) is 39.2 Å². The molecule has 1 aliphatic heterocycles. The van der Waals surface area contributed by atoms with Crippen LogP contribution < -0.4 is 10.1 Å². The molecule has 2 amide bonds. The number of hydrogen-bond acceptors (Lipinski definition) is 3. The van der Waals surface area contributed by atoms with Gasteiger partial charge < -0.3 is 20.1 Å². The monoisotopic (exact) mass is 320 g/mol. The molecule has 128 valence electrons. The van der Waals surface area contributed by atoms with E-state index in [1.165, 1.54) is 0 Å². The fourth-order valence-electron chi connectivity index (χ4n) is 3.16. The van der Waals surface area contributed by atoms with E-state index in [2.05, 4.69) is 5.32 Å². The maximum Gasteiger partial charge on any atom is 0.317 e. The number of aliphatic hydroxyl groups is 1. The third-order valence-electron chi connectivity index (χ3n) is 4.27. The molecule has 2 N–H and O–H groups in total. The van der Waals surface area contributed by atoms with Crippen LogP contribution in [0.2, 0.25) is 0 Å². The van der Waals surface area contributed by atoms with Crippen LogP contribution in [0.25, 0.3) is 0 Å². The van der Waals surface area contributed by atoms with Crippen molar-refractivity contribution in [3.05, 3.63) is 29.8 Å². The second-order valence-corrected chi connectivity index (χ2v) is 6.53. The number of urea groups is 1. The fourth-order valence-corrected chi connectivity index (χ4v) is 3.16. The van der Waals surface area contributed by atoms with Crippen molar-refractivity contribution in [3.63, 3.8) is 0 Å². The lowest BCUT2D eigenvalue weighted by atomic mass is 9.97. The zero-order valence-corrected chi connectivity index (χ0v) is 14.3. The largest absolute Gasteiger partial charge is 0.494 e. The molecule has 1 heterocycles. The first-order chi connectivity index (χ1) is 10.9. The molecule has 0 radical (unpaired) electrons. The van der Waals surface area contributed by atoms with Crippen LogP contribution in [0.3, 0.4) is 0 Å². The van der Waals surface area contributed by atoms with Crippen molar-refractivity contribution in [3.8, 4) is 5.75 Å². The number of nitrogens with zero attached hydrogens (tertiary/aromatic N) is 1. The van der Waals surface area contributed by atoms with Crippen molar-refractivity contribution in [1.82, 2.24) is 10.2 Å². The first kappa shape index (κ1) is 17.6. The predicted molar refractivity (Wildman–Crippen MR) is 90.7 cm³/mol. The number of rotatable bonds is 6. The number of benzene rings is 1. The molecule has 0 bridgehead atoms. The van der Waals surface area contributed by atoms with Gasteiger partial charge in [0.05, 0.1) is 18.2 Å². The Labute approximate surface area is 138 Å². The van der Waals surface area contributed by atoms with Crippen LogP contribution >= 0.6 is 0 Å². The number of nitrogens with one attached hydrogen (secondary N) is 1. The smallest absolute Gasteiger partial charge is 0.317 e. The average molecular weight is 320 g/mol. The molecule has 2 rings (SSSR count). The zero-order chi connectivity index (χ0) is 16.9. The normalized spacial score (nSPS) is 18.1. The molecule has 0 saturated carbocycles. The second kappa shape index (κ2) is 7.68. The Hall–Kier alpha value is -1.75. The lowest BCUT2D eigenvalue weighted by molar-refractivity contribution is 0.00986. The standard InChI is InChI=1S/C18H28N2O3/c1-4-23-15-9-6-5-8-14(15)11-12-19-17(21)20-13-7-10-16(20)18(2,3)22/h5-6,8-9,16,22H,4,7,10-13H2,1-3H3,(H,19,21)/t16-/m1/s1. The summed E-state index contributed by atoms with van der Waals surface area (Å²) in [7, 11) is 0. The van der Waals surface area contributed by atoms with Gasteiger partial charge in [-0.1, -0.05) is 18.2 Å². The van der Waals surface area contributed by atoms with Gasteiger partial charge in [-0.25, -0.2) is 4.79 Å². The van der Waals surface area contributed by atoms with E-state index in [0.29, 0.717) is 19.7 Å².